The van der Waals surface area contributed by atoms with Gasteiger partial charge in [0.2, 0.25) is 0 Å². The van der Waals surface area contributed by atoms with Crippen molar-refractivity contribution in [1.82, 2.24) is 0 Å². The van der Waals surface area contributed by atoms with Gasteiger partial charge in [-0.3, -0.25) is 4.79 Å². The molecule has 0 heterocycles. The molecule has 4 heteroatoms. The van der Waals surface area contributed by atoms with Gasteiger partial charge in [0, 0.05) is 31.4 Å². The molecule has 22 heavy (non-hydrogen) atoms. The highest BCUT2D eigenvalue weighted by molar-refractivity contribution is 6.08. The normalized spacial score (nSPS) is 10.7. The van der Waals surface area contributed by atoms with E-state index < -0.39 is 0 Å². The molecule has 0 atom stereocenters. The molecule has 1 N–H and O–H groups in total. The molecule has 0 fully saturated rings. The summed E-state index contributed by atoms with van der Waals surface area (Å²) in [5.41, 5.74) is 2.10. The highest BCUT2D eigenvalue weighted by Gasteiger charge is 2.08. The summed E-state index contributed by atoms with van der Waals surface area (Å²) in [5.74, 6) is 0.413. The number of benzene rings is 2. The first-order valence-corrected chi connectivity index (χ1v) is 6.88. The van der Waals surface area contributed by atoms with Crippen molar-refractivity contribution in [1.29, 1.82) is 0 Å². The second-order valence-electron chi connectivity index (χ2n) is 5.04. The molecular weight excluding hydrogens is 278 g/mol. The first-order valence-electron chi connectivity index (χ1n) is 6.88. The molecule has 4 nitrogen and oxygen atoms in total. The van der Waals surface area contributed by atoms with Crippen molar-refractivity contribution < 1.29 is 14.6 Å². The molecule has 0 radical (unpaired) electrons. The topological polar surface area (TPSA) is 49.8 Å². The number of anilines is 1. The average Bonchev–Trinajstić information content (AvgIpc) is 2.52. The third-order valence-electron chi connectivity index (χ3n) is 3.32. The van der Waals surface area contributed by atoms with Gasteiger partial charge < -0.3 is 14.7 Å². The van der Waals surface area contributed by atoms with Gasteiger partial charge in [0.15, 0.2) is 5.78 Å². The Morgan fingerprint density at radius 1 is 1.18 bits per heavy atom. The second-order valence-corrected chi connectivity index (χ2v) is 5.04. The monoisotopic (exact) mass is 297 g/mol. The summed E-state index contributed by atoms with van der Waals surface area (Å²) >= 11 is 0. The third kappa shape index (κ3) is 3.47. The Labute approximate surface area is 130 Å². The number of ketones is 1. The number of phenols is 1. The van der Waals surface area contributed by atoms with Crippen LogP contribution in [0.4, 0.5) is 5.69 Å². The summed E-state index contributed by atoms with van der Waals surface area (Å²) in [7, 11) is 5.49. The van der Waals surface area contributed by atoms with Gasteiger partial charge in [0.1, 0.15) is 11.5 Å². The van der Waals surface area contributed by atoms with Crippen molar-refractivity contribution >= 4 is 17.5 Å². The number of rotatable bonds is 5. The van der Waals surface area contributed by atoms with Gasteiger partial charge in [-0.2, -0.15) is 0 Å². The minimum Gasteiger partial charge on any atom is -0.507 e. The molecule has 0 amide bonds. The predicted octanol–water partition coefficient (Wildman–Crippen LogP) is 3.36. The van der Waals surface area contributed by atoms with E-state index in [0.29, 0.717) is 5.75 Å². The summed E-state index contributed by atoms with van der Waals surface area (Å²) < 4.78 is 5.36. The van der Waals surface area contributed by atoms with Crippen LogP contribution in [-0.4, -0.2) is 32.1 Å². The minimum absolute atomic E-state index is 0.0212. The van der Waals surface area contributed by atoms with Crippen LogP contribution >= 0.6 is 0 Å². The number of hydrogen-bond acceptors (Lipinski definition) is 4. The zero-order valence-electron chi connectivity index (χ0n) is 12.9. The Balaban J connectivity index is 2.26. The van der Waals surface area contributed by atoms with Crippen molar-refractivity contribution in [3.8, 4) is 11.5 Å². The quantitative estimate of drug-likeness (QED) is 0.679. The summed E-state index contributed by atoms with van der Waals surface area (Å²) in [4.78, 5) is 14.1. The molecule has 0 aromatic heterocycles. The lowest BCUT2D eigenvalue weighted by atomic mass is 10.1. The van der Waals surface area contributed by atoms with Crippen LogP contribution in [0.1, 0.15) is 15.9 Å². The fourth-order valence-electron chi connectivity index (χ4n) is 2.05. The van der Waals surface area contributed by atoms with E-state index in [4.69, 9.17) is 4.74 Å². The smallest absolute Gasteiger partial charge is 0.189 e. The number of hydrogen-bond donors (Lipinski definition) is 1. The van der Waals surface area contributed by atoms with E-state index in [0.717, 1.165) is 11.3 Å². The Bertz CT molecular complexity index is 705. The van der Waals surface area contributed by atoms with Crippen LogP contribution in [0.5, 0.6) is 11.5 Å². The number of carbonyl (C=O) groups is 1. The Morgan fingerprint density at radius 2 is 1.91 bits per heavy atom. The Hall–Kier alpha value is -2.75. The van der Waals surface area contributed by atoms with E-state index in [9.17, 15) is 9.90 Å². The summed E-state index contributed by atoms with van der Waals surface area (Å²) in [6, 6.07) is 12.2. The molecule has 0 saturated heterocycles. The number of nitrogens with zero attached hydrogens (tertiary/aromatic N) is 1. The van der Waals surface area contributed by atoms with Crippen LogP contribution in [0.25, 0.3) is 6.08 Å². The fraction of sp³-hybridized carbons (Fsp3) is 0.167. The molecule has 0 aliphatic carbocycles. The molecular formula is C18H19NO3. The molecule has 0 aliphatic rings. The molecule has 0 bridgehead atoms. The van der Waals surface area contributed by atoms with Crippen LogP contribution < -0.4 is 9.64 Å². The van der Waals surface area contributed by atoms with E-state index >= 15 is 0 Å². The first-order chi connectivity index (χ1) is 10.5. The van der Waals surface area contributed by atoms with E-state index in [-0.39, 0.29) is 17.1 Å². The largest absolute Gasteiger partial charge is 0.507 e. The molecule has 0 spiro atoms. The molecule has 114 valence electrons. The number of methoxy groups -OCH3 is 1. The van der Waals surface area contributed by atoms with Crippen LogP contribution in [0, 0.1) is 0 Å². The Morgan fingerprint density at radius 3 is 2.55 bits per heavy atom. The van der Waals surface area contributed by atoms with Crippen LogP contribution in [-0.2, 0) is 0 Å². The lowest BCUT2D eigenvalue weighted by Gasteiger charge is -2.14. The highest BCUT2D eigenvalue weighted by atomic mass is 16.5. The van der Waals surface area contributed by atoms with Crippen molar-refractivity contribution in [2.75, 3.05) is 26.1 Å². The number of carbonyl (C=O) groups excluding carboxylic acids is 1. The van der Waals surface area contributed by atoms with E-state index in [1.165, 1.54) is 12.1 Å². The predicted molar refractivity (Wildman–Crippen MR) is 88.8 cm³/mol. The van der Waals surface area contributed by atoms with Gasteiger partial charge in [0.05, 0.1) is 12.7 Å². The zero-order chi connectivity index (χ0) is 16.1. The van der Waals surface area contributed by atoms with Gasteiger partial charge in [-0.15, -0.1) is 0 Å². The second kappa shape index (κ2) is 6.80. The number of para-hydroxylation sites is 1. The molecule has 0 saturated carbocycles. The number of allylic oxidation sites excluding steroid dienone is 1. The molecule has 2 aromatic carbocycles. The van der Waals surface area contributed by atoms with E-state index in [1.54, 1.807) is 31.4 Å². The SMILES string of the molecule is COc1cc(N(C)C)ccc1/C=C/C(=O)c1ccccc1O. The first kappa shape index (κ1) is 15.6. The molecule has 0 unspecified atom stereocenters. The maximum absolute atomic E-state index is 12.1. The van der Waals surface area contributed by atoms with Gasteiger partial charge in [-0.25, -0.2) is 0 Å². The number of aromatic hydroxyl groups is 1. The maximum atomic E-state index is 12.1. The van der Waals surface area contributed by atoms with Crippen molar-refractivity contribution in [3.05, 3.63) is 59.7 Å². The lowest BCUT2D eigenvalue weighted by Crippen LogP contribution is -2.08. The van der Waals surface area contributed by atoms with Crippen molar-refractivity contribution in [3.63, 3.8) is 0 Å². The highest BCUT2D eigenvalue weighted by Crippen LogP contribution is 2.26. The summed E-state index contributed by atoms with van der Waals surface area (Å²) in [6.45, 7) is 0. The van der Waals surface area contributed by atoms with Gasteiger partial charge in [-0.1, -0.05) is 12.1 Å². The number of ether oxygens (including phenoxy) is 1. The van der Waals surface area contributed by atoms with Gasteiger partial charge in [-0.05, 0) is 36.4 Å². The lowest BCUT2D eigenvalue weighted by molar-refractivity contribution is 0.104. The van der Waals surface area contributed by atoms with Gasteiger partial charge >= 0.3 is 0 Å². The van der Waals surface area contributed by atoms with E-state index in [2.05, 4.69) is 0 Å². The molecule has 2 rings (SSSR count). The number of phenolic OH excluding ortho intramolecular Hbond substituents is 1. The molecule has 0 aliphatic heterocycles. The van der Waals surface area contributed by atoms with Crippen molar-refractivity contribution in [2.45, 2.75) is 0 Å². The Kier molecular flexibility index (Phi) is 4.84. The van der Waals surface area contributed by atoms with Crippen molar-refractivity contribution in [2.24, 2.45) is 0 Å². The summed E-state index contributed by atoms with van der Waals surface area (Å²) in [5, 5.41) is 9.69. The summed E-state index contributed by atoms with van der Waals surface area (Å²) in [6.07, 6.45) is 3.12. The van der Waals surface area contributed by atoms with Crippen LogP contribution in [0.2, 0.25) is 0 Å². The molecule has 2 aromatic rings. The average molecular weight is 297 g/mol. The fourth-order valence-corrected chi connectivity index (χ4v) is 2.05. The van der Waals surface area contributed by atoms with Crippen LogP contribution in [0.15, 0.2) is 48.5 Å². The third-order valence-corrected chi connectivity index (χ3v) is 3.32. The minimum atomic E-state index is -0.253. The van der Waals surface area contributed by atoms with Gasteiger partial charge in [0.25, 0.3) is 0 Å². The van der Waals surface area contributed by atoms with E-state index in [1.807, 2.05) is 37.2 Å². The standard InChI is InChI=1S/C18H19NO3/c1-19(2)14-10-8-13(18(12-14)22-3)9-11-17(21)15-6-4-5-7-16(15)20/h4-12,20H,1-3H3/b11-9+. The zero-order valence-corrected chi connectivity index (χ0v) is 12.9. The maximum Gasteiger partial charge on any atom is 0.189 e. The van der Waals surface area contributed by atoms with Crippen LogP contribution in [0.3, 0.4) is 0 Å².